The van der Waals surface area contributed by atoms with Crippen LogP contribution >= 0.6 is 0 Å². The van der Waals surface area contributed by atoms with Crippen LogP contribution in [0.3, 0.4) is 0 Å². The van der Waals surface area contributed by atoms with Gasteiger partial charge in [-0.05, 0) is 43.1 Å². The molecule has 1 rings (SSSR count). The minimum atomic E-state index is -3.36. The summed E-state index contributed by atoms with van der Waals surface area (Å²) >= 11 is 0. The summed E-state index contributed by atoms with van der Waals surface area (Å²) < 4.78 is 26.1. The SMILES string of the molecule is CCCN(C)S(=O)(=O)c1ccc(C)c(CNCC)c1. The number of hydrogen-bond acceptors (Lipinski definition) is 3. The smallest absolute Gasteiger partial charge is 0.242 e. The normalized spacial score (nSPS) is 12.1. The summed E-state index contributed by atoms with van der Waals surface area (Å²) in [6, 6.07) is 5.34. The highest BCUT2D eigenvalue weighted by atomic mass is 32.2. The molecule has 0 saturated carbocycles. The molecule has 0 bridgehead atoms. The van der Waals surface area contributed by atoms with E-state index in [2.05, 4.69) is 5.32 Å². The van der Waals surface area contributed by atoms with E-state index >= 15 is 0 Å². The molecule has 19 heavy (non-hydrogen) atoms. The second-order valence-corrected chi connectivity index (χ2v) is 6.74. The highest BCUT2D eigenvalue weighted by molar-refractivity contribution is 7.89. The first-order valence-electron chi connectivity index (χ1n) is 6.70. The average molecular weight is 284 g/mol. The zero-order valence-electron chi connectivity index (χ0n) is 12.2. The molecule has 0 saturated heterocycles. The van der Waals surface area contributed by atoms with E-state index in [4.69, 9.17) is 0 Å². The Bertz CT molecular complexity index is 512. The van der Waals surface area contributed by atoms with Gasteiger partial charge in [0.25, 0.3) is 0 Å². The van der Waals surface area contributed by atoms with Crippen LogP contribution in [0.1, 0.15) is 31.4 Å². The Hall–Kier alpha value is -0.910. The molecule has 0 fully saturated rings. The lowest BCUT2D eigenvalue weighted by molar-refractivity contribution is 0.468. The zero-order chi connectivity index (χ0) is 14.5. The van der Waals surface area contributed by atoms with Crippen LogP contribution in [0.4, 0.5) is 0 Å². The molecule has 0 aliphatic heterocycles. The van der Waals surface area contributed by atoms with E-state index in [1.54, 1.807) is 19.2 Å². The fraction of sp³-hybridized carbons (Fsp3) is 0.571. The maximum Gasteiger partial charge on any atom is 0.242 e. The summed E-state index contributed by atoms with van der Waals surface area (Å²) in [5, 5.41) is 3.23. The molecule has 1 N–H and O–H groups in total. The van der Waals surface area contributed by atoms with Crippen molar-refractivity contribution in [2.45, 2.75) is 38.6 Å². The average Bonchev–Trinajstić information content (AvgIpc) is 2.37. The van der Waals surface area contributed by atoms with E-state index in [1.165, 1.54) is 4.31 Å². The highest BCUT2D eigenvalue weighted by Crippen LogP contribution is 2.19. The number of sulfonamides is 1. The summed E-state index contributed by atoms with van der Waals surface area (Å²) in [4.78, 5) is 0.377. The molecule has 0 atom stereocenters. The van der Waals surface area contributed by atoms with Crippen LogP contribution in [0.5, 0.6) is 0 Å². The van der Waals surface area contributed by atoms with Crippen molar-refractivity contribution in [2.75, 3.05) is 20.1 Å². The van der Waals surface area contributed by atoms with E-state index < -0.39 is 10.0 Å². The van der Waals surface area contributed by atoms with Crippen LogP contribution in [0.25, 0.3) is 0 Å². The Labute approximate surface area is 116 Å². The molecule has 0 radical (unpaired) electrons. The molecule has 1 aromatic carbocycles. The second kappa shape index (κ2) is 7.03. The maximum atomic E-state index is 12.4. The Kier molecular flexibility index (Phi) is 5.97. The molecular formula is C14H24N2O2S. The van der Waals surface area contributed by atoms with Crippen molar-refractivity contribution in [3.05, 3.63) is 29.3 Å². The third-order valence-corrected chi connectivity index (χ3v) is 4.99. The van der Waals surface area contributed by atoms with Gasteiger partial charge in [0.2, 0.25) is 10.0 Å². The van der Waals surface area contributed by atoms with Gasteiger partial charge in [0.05, 0.1) is 4.90 Å². The molecule has 4 nitrogen and oxygen atoms in total. The number of nitrogens with one attached hydrogen (secondary N) is 1. The lowest BCUT2D eigenvalue weighted by Crippen LogP contribution is -2.27. The standard InChI is InChI=1S/C14H24N2O2S/c1-5-9-16(4)19(17,18)14-8-7-12(3)13(10-14)11-15-6-2/h7-8,10,15H,5-6,9,11H2,1-4H3. The lowest BCUT2D eigenvalue weighted by Gasteiger charge is -2.17. The fourth-order valence-electron chi connectivity index (χ4n) is 1.87. The molecule has 0 heterocycles. The van der Waals surface area contributed by atoms with Gasteiger partial charge in [0.15, 0.2) is 0 Å². The van der Waals surface area contributed by atoms with Gasteiger partial charge in [-0.25, -0.2) is 12.7 Å². The zero-order valence-corrected chi connectivity index (χ0v) is 13.0. The maximum absolute atomic E-state index is 12.4. The van der Waals surface area contributed by atoms with Gasteiger partial charge in [-0.3, -0.25) is 0 Å². The van der Waals surface area contributed by atoms with Crippen LogP contribution < -0.4 is 5.32 Å². The summed E-state index contributed by atoms with van der Waals surface area (Å²) in [6.45, 7) is 8.11. The Morgan fingerprint density at radius 2 is 1.95 bits per heavy atom. The van der Waals surface area contributed by atoms with Crippen molar-refractivity contribution in [1.29, 1.82) is 0 Å². The molecule has 5 heteroatoms. The molecule has 0 aliphatic rings. The number of nitrogens with zero attached hydrogens (tertiary/aromatic N) is 1. The largest absolute Gasteiger partial charge is 0.313 e. The predicted octanol–water partition coefficient (Wildman–Crippen LogP) is 2.14. The van der Waals surface area contributed by atoms with E-state index in [9.17, 15) is 8.42 Å². The lowest BCUT2D eigenvalue weighted by atomic mass is 10.1. The van der Waals surface area contributed by atoms with Crippen molar-refractivity contribution in [1.82, 2.24) is 9.62 Å². The summed E-state index contributed by atoms with van der Waals surface area (Å²) in [6.07, 6.45) is 0.811. The van der Waals surface area contributed by atoms with Gasteiger partial charge in [-0.15, -0.1) is 0 Å². The van der Waals surface area contributed by atoms with Crippen LogP contribution in [0.2, 0.25) is 0 Å². The molecule has 0 aromatic heterocycles. The third-order valence-electron chi connectivity index (χ3n) is 3.13. The van der Waals surface area contributed by atoms with E-state index in [1.807, 2.05) is 26.8 Å². The number of rotatable bonds is 7. The van der Waals surface area contributed by atoms with Crippen molar-refractivity contribution in [3.63, 3.8) is 0 Å². The molecular weight excluding hydrogens is 260 g/mol. The van der Waals surface area contributed by atoms with Crippen molar-refractivity contribution in [3.8, 4) is 0 Å². The Morgan fingerprint density at radius 3 is 2.53 bits per heavy atom. The van der Waals surface area contributed by atoms with Crippen LogP contribution in [0.15, 0.2) is 23.1 Å². The Morgan fingerprint density at radius 1 is 1.26 bits per heavy atom. The number of aryl methyl sites for hydroxylation is 1. The molecule has 0 aliphatic carbocycles. The fourth-order valence-corrected chi connectivity index (χ4v) is 3.19. The van der Waals surface area contributed by atoms with Crippen molar-refractivity contribution < 1.29 is 8.42 Å². The van der Waals surface area contributed by atoms with Gasteiger partial charge in [0.1, 0.15) is 0 Å². The van der Waals surface area contributed by atoms with Crippen LogP contribution in [-0.2, 0) is 16.6 Å². The van der Waals surface area contributed by atoms with Gasteiger partial charge < -0.3 is 5.32 Å². The van der Waals surface area contributed by atoms with E-state index in [-0.39, 0.29) is 0 Å². The Balaban J connectivity index is 3.07. The van der Waals surface area contributed by atoms with Gasteiger partial charge in [0, 0.05) is 20.1 Å². The van der Waals surface area contributed by atoms with Gasteiger partial charge in [-0.2, -0.15) is 0 Å². The van der Waals surface area contributed by atoms with Crippen LogP contribution in [0, 0.1) is 6.92 Å². The van der Waals surface area contributed by atoms with Crippen molar-refractivity contribution in [2.24, 2.45) is 0 Å². The summed E-state index contributed by atoms with van der Waals surface area (Å²) in [5.74, 6) is 0. The third kappa shape index (κ3) is 4.03. The highest BCUT2D eigenvalue weighted by Gasteiger charge is 2.20. The molecule has 108 valence electrons. The van der Waals surface area contributed by atoms with Gasteiger partial charge >= 0.3 is 0 Å². The first kappa shape index (κ1) is 16.1. The molecule has 0 spiro atoms. The number of hydrogen-bond donors (Lipinski definition) is 1. The molecule has 1 aromatic rings. The van der Waals surface area contributed by atoms with E-state index in [0.717, 1.165) is 24.1 Å². The van der Waals surface area contributed by atoms with Gasteiger partial charge in [-0.1, -0.05) is 19.9 Å². The van der Waals surface area contributed by atoms with Crippen molar-refractivity contribution >= 4 is 10.0 Å². The topological polar surface area (TPSA) is 49.4 Å². The first-order chi connectivity index (χ1) is 8.93. The minimum Gasteiger partial charge on any atom is -0.313 e. The first-order valence-corrected chi connectivity index (χ1v) is 8.14. The van der Waals surface area contributed by atoms with Crippen LogP contribution in [-0.4, -0.2) is 32.9 Å². The summed E-state index contributed by atoms with van der Waals surface area (Å²) in [5.41, 5.74) is 2.14. The summed E-state index contributed by atoms with van der Waals surface area (Å²) in [7, 11) is -1.73. The van der Waals surface area contributed by atoms with E-state index in [0.29, 0.717) is 18.0 Å². The molecule has 0 unspecified atom stereocenters. The quantitative estimate of drug-likeness (QED) is 0.834. The predicted molar refractivity (Wildman–Crippen MR) is 78.7 cm³/mol. The molecule has 0 amide bonds. The monoisotopic (exact) mass is 284 g/mol. The second-order valence-electron chi connectivity index (χ2n) is 4.70. The minimum absolute atomic E-state index is 0.377. The number of benzene rings is 1.